The van der Waals surface area contributed by atoms with Crippen molar-refractivity contribution in [3.8, 4) is 0 Å². The van der Waals surface area contributed by atoms with Gasteiger partial charge in [0.05, 0.1) is 41.5 Å². The number of methoxy groups -OCH3 is 2. The fraction of sp³-hybridized carbons (Fsp3) is 0.440. The van der Waals surface area contributed by atoms with Crippen molar-refractivity contribution < 1.29 is 32.4 Å². The summed E-state index contributed by atoms with van der Waals surface area (Å²) in [6.07, 6.45) is 0.0400. The molecule has 0 atom stereocenters. The summed E-state index contributed by atoms with van der Waals surface area (Å²) in [5.74, 6) is -1.16. The molecule has 2 heterocycles. The predicted molar refractivity (Wildman–Crippen MR) is 128 cm³/mol. The summed E-state index contributed by atoms with van der Waals surface area (Å²) in [5, 5.41) is 0. The lowest BCUT2D eigenvalue weighted by Gasteiger charge is -2.32. The Balaban J connectivity index is 1.69. The molecule has 7 nitrogen and oxygen atoms in total. The van der Waals surface area contributed by atoms with Gasteiger partial charge in [-0.25, -0.2) is 18.6 Å². The van der Waals surface area contributed by atoms with Crippen LogP contribution in [0.1, 0.15) is 49.4 Å². The number of nitrogens with zero attached hydrogens (tertiary/aromatic N) is 2. The van der Waals surface area contributed by atoms with Crippen LogP contribution in [0.5, 0.6) is 0 Å². The summed E-state index contributed by atoms with van der Waals surface area (Å²) < 4.78 is 54.0. The Morgan fingerprint density at radius 3 is 2.37 bits per heavy atom. The molecule has 0 unspecified atom stereocenters. The number of hydrogen-bond donors (Lipinski definition) is 0. The van der Waals surface area contributed by atoms with Gasteiger partial charge in [-0.1, -0.05) is 0 Å². The first-order valence-electron chi connectivity index (χ1n) is 11.4. The van der Waals surface area contributed by atoms with Crippen LogP contribution in [-0.4, -0.2) is 54.7 Å². The summed E-state index contributed by atoms with van der Waals surface area (Å²) in [6.45, 7) is 8.21. The number of halogens is 2. The average molecular weight is 486 g/mol. The van der Waals surface area contributed by atoms with E-state index in [1.807, 2.05) is 32.3 Å². The van der Waals surface area contributed by atoms with Crippen LogP contribution in [0.15, 0.2) is 30.3 Å². The van der Waals surface area contributed by atoms with Crippen LogP contribution in [0.2, 0.25) is 0 Å². The number of carbonyl (C=O) groups excluding carboxylic acids is 1. The number of benzene rings is 2. The SMILES string of the molecule is COCCn1c(Cc2cc(F)c(B3OC(C)(C)C(C)(C)O3)cc2F)nc2ccc(C(=O)OC)cc21. The van der Waals surface area contributed by atoms with Gasteiger partial charge in [-0.3, -0.25) is 0 Å². The third-order valence-corrected chi connectivity index (χ3v) is 6.79. The van der Waals surface area contributed by atoms with Gasteiger partial charge in [0.15, 0.2) is 0 Å². The van der Waals surface area contributed by atoms with E-state index in [9.17, 15) is 4.79 Å². The van der Waals surface area contributed by atoms with Crippen molar-refractivity contribution in [1.29, 1.82) is 0 Å². The third kappa shape index (κ3) is 4.70. The molecule has 0 aliphatic carbocycles. The smallest absolute Gasteiger partial charge is 0.465 e. The van der Waals surface area contributed by atoms with Crippen LogP contribution in [-0.2, 0) is 31.7 Å². The molecule has 10 heteroatoms. The molecule has 1 saturated heterocycles. The summed E-state index contributed by atoms with van der Waals surface area (Å²) in [5.41, 5.74) is 0.482. The molecule has 35 heavy (non-hydrogen) atoms. The summed E-state index contributed by atoms with van der Waals surface area (Å²) >= 11 is 0. The van der Waals surface area contributed by atoms with Crippen molar-refractivity contribution in [2.24, 2.45) is 0 Å². The first-order chi connectivity index (χ1) is 16.5. The van der Waals surface area contributed by atoms with Crippen LogP contribution in [0.4, 0.5) is 8.78 Å². The second kappa shape index (κ2) is 9.33. The number of fused-ring (bicyclic) bond motifs is 1. The lowest BCUT2D eigenvalue weighted by atomic mass is 9.78. The van der Waals surface area contributed by atoms with Crippen LogP contribution >= 0.6 is 0 Å². The fourth-order valence-corrected chi connectivity index (χ4v) is 4.04. The highest BCUT2D eigenvalue weighted by atomic mass is 19.1. The Morgan fingerprint density at radius 1 is 1.06 bits per heavy atom. The zero-order chi connectivity index (χ0) is 25.5. The quantitative estimate of drug-likeness (QED) is 0.375. The molecule has 0 saturated carbocycles. The monoisotopic (exact) mass is 486 g/mol. The van der Waals surface area contributed by atoms with Crippen molar-refractivity contribution in [1.82, 2.24) is 9.55 Å². The minimum Gasteiger partial charge on any atom is -0.465 e. The number of ether oxygens (including phenoxy) is 2. The van der Waals surface area contributed by atoms with Gasteiger partial charge >= 0.3 is 13.1 Å². The van der Waals surface area contributed by atoms with Gasteiger partial charge in [-0.05, 0) is 63.6 Å². The van der Waals surface area contributed by atoms with E-state index in [0.717, 1.165) is 12.1 Å². The largest absolute Gasteiger partial charge is 0.497 e. The van der Waals surface area contributed by atoms with Crippen molar-refractivity contribution >= 4 is 29.6 Å². The lowest BCUT2D eigenvalue weighted by Crippen LogP contribution is -2.41. The minimum atomic E-state index is -1.01. The van der Waals surface area contributed by atoms with Crippen molar-refractivity contribution in [2.75, 3.05) is 20.8 Å². The molecule has 186 valence electrons. The highest BCUT2D eigenvalue weighted by Crippen LogP contribution is 2.36. The molecule has 1 fully saturated rings. The number of hydrogen-bond acceptors (Lipinski definition) is 6. The van der Waals surface area contributed by atoms with Gasteiger partial charge in [0.1, 0.15) is 17.5 Å². The van der Waals surface area contributed by atoms with Crippen LogP contribution in [0, 0.1) is 11.6 Å². The first-order valence-corrected chi connectivity index (χ1v) is 11.4. The number of aromatic nitrogens is 2. The first kappa shape index (κ1) is 25.3. The second-order valence-corrected chi connectivity index (χ2v) is 9.60. The van der Waals surface area contributed by atoms with Gasteiger partial charge in [0.2, 0.25) is 0 Å². The van der Waals surface area contributed by atoms with E-state index in [1.165, 1.54) is 7.11 Å². The van der Waals surface area contributed by atoms with Crippen molar-refractivity contribution in [3.05, 3.63) is 58.9 Å². The third-order valence-electron chi connectivity index (χ3n) is 6.79. The van der Waals surface area contributed by atoms with E-state index < -0.39 is 35.9 Å². The molecule has 4 rings (SSSR count). The summed E-state index contributed by atoms with van der Waals surface area (Å²) in [7, 11) is 1.87. The van der Waals surface area contributed by atoms with E-state index in [4.69, 9.17) is 18.8 Å². The average Bonchev–Trinajstić information content (AvgIpc) is 3.25. The van der Waals surface area contributed by atoms with E-state index in [2.05, 4.69) is 4.98 Å². The van der Waals surface area contributed by atoms with Gasteiger partial charge in [-0.2, -0.15) is 0 Å². The summed E-state index contributed by atoms with van der Waals surface area (Å²) in [6, 6.07) is 7.28. The van der Waals surface area contributed by atoms with Crippen LogP contribution in [0.3, 0.4) is 0 Å². The molecule has 0 spiro atoms. The van der Waals surface area contributed by atoms with Gasteiger partial charge < -0.3 is 23.3 Å². The maximum Gasteiger partial charge on any atom is 0.497 e. The van der Waals surface area contributed by atoms with Gasteiger partial charge in [-0.15, -0.1) is 0 Å². The Bertz CT molecular complexity index is 1260. The molecule has 1 aliphatic rings. The van der Waals surface area contributed by atoms with E-state index >= 15 is 8.78 Å². The molecule has 0 bridgehead atoms. The zero-order valence-electron chi connectivity index (χ0n) is 20.8. The number of imidazole rings is 1. The van der Waals surface area contributed by atoms with Crippen molar-refractivity contribution in [2.45, 2.75) is 51.9 Å². The lowest BCUT2D eigenvalue weighted by molar-refractivity contribution is 0.00578. The number of carbonyl (C=O) groups is 1. The molecule has 0 radical (unpaired) electrons. The topological polar surface area (TPSA) is 71.8 Å². The standard InChI is InChI=1S/C25H29BF2N2O5/c1-24(2)25(3,4)35-26(34-24)17-14-18(27)16(11-19(17)28)13-22-29-20-8-7-15(23(31)33-6)12-21(20)30(22)9-10-32-5/h7-8,11-12,14H,9-10,13H2,1-6H3. The Hall–Kier alpha value is -2.82. The Kier molecular flexibility index (Phi) is 6.74. The van der Waals surface area contributed by atoms with Crippen LogP contribution in [0.25, 0.3) is 11.0 Å². The molecule has 0 amide bonds. The predicted octanol–water partition coefficient (Wildman–Crippen LogP) is 3.64. The zero-order valence-corrected chi connectivity index (χ0v) is 20.8. The summed E-state index contributed by atoms with van der Waals surface area (Å²) in [4.78, 5) is 16.6. The van der Waals surface area contributed by atoms with Gasteiger partial charge in [0, 0.05) is 25.5 Å². The molecule has 3 aromatic rings. The normalized spacial score (nSPS) is 16.7. The van der Waals surface area contributed by atoms with Crippen LogP contribution < -0.4 is 5.46 Å². The van der Waals surface area contributed by atoms with E-state index in [0.29, 0.717) is 35.6 Å². The molecule has 1 aromatic heterocycles. The maximum absolute atomic E-state index is 15.2. The molecule has 2 aromatic carbocycles. The van der Waals surface area contributed by atoms with E-state index in [-0.39, 0.29) is 17.4 Å². The number of rotatable bonds is 7. The fourth-order valence-electron chi connectivity index (χ4n) is 4.04. The maximum atomic E-state index is 15.2. The van der Waals surface area contributed by atoms with Gasteiger partial charge in [0.25, 0.3) is 0 Å². The highest BCUT2D eigenvalue weighted by Gasteiger charge is 2.52. The minimum absolute atomic E-state index is 0.0144. The Morgan fingerprint density at radius 2 is 1.74 bits per heavy atom. The second-order valence-electron chi connectivity index (χ2n) is 9.60. The molecular formula is C25H29BF2N2O5. The number of esters is 1. The van der Waals surface area contributed by atoms with E-state index in [1.54, 1.807) is 25.3 Å². The van der Waals surface area contributed by atoms with Crippen molar-refractivity contribution in [3.63, 3.8) is 0 Å². The Labute approximate surface area is 203 Å². The molecular weight excluding hydrogens is 457 g/mol. The molecule has 0 N–H and O–H groups in total. The highest BCUT2D eigenvalue weighted by molar-refractivity contribution is 6.62. The molecule has 1 aliphatic heterocycles.